The second-order valence-corrected chi connectivity index (χ2v) is 5.37. The molecule has 24 heavy (non-hydrogen) atoms. The number of carbonyl (C=O) groups excluding carboxylic acids is 1. The van der Waals surface area contributed by atoms with E-state index in [1.54, 1.807) is 48.5 Å². The second kappa shape index (κ2) is 7.14. The van der Waals surface area contributed by atoms with Gasteiger partial charge in [-0.25, -0.2) is 9.78 Å². The predicted molar refractivity (Wildman–Crippen MR) is 89.1 cm³/mol. The van der Waals surface area contributed by atoms with Gasteiger partial charge in [-0.2, -0.15) is 0 Å². The molecule has 0 saturated carbocycles. The fourth-order valence-electron chi connectivity index (χ4n) is 2.07. The zero-order valence-electron chi connectivity index (χ0n) is 12.5. The van der Waals surface area contributed by atoms with E-state index in [0.717, 1.165) is 0 Å². The Hall–Kier alpha value is -2.86. The number of hydrogen-bond acceptors (Lipinski definition) is 5. The molecule has 2 aromatic carbocycles. The summed E-state index contributed by atoms with van der Waals surface area (Å²) in [6.45, 7) is -0.387. The number of H-pyrrole nitrogens is 1. The van der Waals surface area contributed by atoms with Crippen LogP contribution in [-0.4, -0.2) is 22.5 Å². The summed E-state index contributed by atoms with van der Waals surface area (Å²) >= 11 is 5.76. The lowest BCUT2D eigenvalue weighted by molar-refractivity contribution is -0.147. The summed E-state index contributed by atoms with van der Waals surface area (Å²) in [6, 6.07) is 13.6. The number of para-hydroxylation sites is 1. The standard InChI is InChI=1S/C17H13ClN2O4/c18-11-5-7-12(8-6-11)23-10-16(21)24-9-15-19-14-4-2-1-3-13(14)17(22)20-15/h1-8H,9-10H2,(H,19,20,22). The molecule has 0 aliphatic rings. The Morgan fingerprint density at radius 2 is 1.88 bits per heavy atom. The van der Waals surface area contributed by atoms with E-state index in [1.165, 1.54) is 0 Å². The molecule has 3 aromatic rings. The van der Waals surface area contributed by atoms with Gasteiger partial charge >= 0.3 is 5.97 Å². The number of ether oxygens (including phenoxy) is 2. The van der Waals surface area contributed by atoms with Crippen LogP contribution in [0.3, 0.4) is 0 Å². The Kier molecular flexibility index (Phi) is 4.77. The van der Waals surface area contributed by atoms with E-state index >= 15 is 0 Å². The van der Waals surface area contributed by atoms with Crippen molar-refractivity contribution in [3.05, 3.63) is 69.7 Å². The maximum absolute atomic E-state index is 11.9. The van der Waals surface area contributed by atoms with Gasteiger partial charge in [-0.3, -0.25) is 4.79 Å². The Morgan fingerprint density at radius 3 is 2.67 bits per heavy atom. The van der Waals surface area contributed by atoms with Gasteiger partial charge in [0.1, 0.15) is 18.2 Å². The first kappa shape index (κ1) is 16.0. The lowest BCUT2D eigenvalue weighted by Gasteiger charge is -2.07. The van der Waals surface area contributed by atoms with Crippen LogP contribution in [0.25, 0.3) is 10.9 Å². The molecule has 0 saturated heterocycles. The van der Waals surface area contributed by atoms with Crippen LogP contribution < -0.4 is 10.3 Å². The summed E-state index contributed by atoms with van der Waals surface area (Å²) < 4.78 is 10.3. The number of nitrogens with one attached hydrogen (secondary N) is 1. The molecule has 0 aliphatic carbocycles. The van der Waals surface area contributed by atoms with Gasteiger partial charge in [0.25, 0.3) is 5.56 Å². The molecule has 6 nitrogen and oxygen atoms in total. The summed E-state index contributed by atoms with van der Waals surface area (Å²) in [5.41, 5.74) is 0.272. The van der Waals surface area contributed by atoms with E-state index in [1.807, 2.05) is 0 Å². The molecule has 7 heteroatoms. The predicted octanol–water partition coefficient (Wildman–Crippen LogP) is 2.70. The first-order valence-electron chi connectivity index (χ1n) is 7.14. The molecular formula is C17H13ClN2O4. The number of nitrogens with zero attached hydrogens (tertiary/aromatic N) is 1. The van der Waals surface area contributed by atoms with Crippen molar-refractivity contribution in [2.45, 2.75) is 6.61 Å². The number of hydrogen-bond donors (Lipinski definition) is 1. The molecule has 1 N–H and O–H groups in total. The maximum atomic E-state index is 11.9. The molecular weight excluding hydrogens is 332 g/mol. The van der Waals surface area contributed by atoms with Gasteiger partial charge in [-0.05, 0) is 36.4 Å². The normalized spacial score (nSPS) is 10.5. The van der Waals surface area contributed by atoms with Gasteiger partial charge in [0.2, 0.25) is 0 Å². The van der Waals surface area contributed by atoms with Gasteiger partial charge in [0, 0.05) is 5.02 Å². The fourth-order valence-corrected chi connectivity index (χ4v) is 2.19. The van der Waals surface area contributed by atoms with E-state index in [9.17, 15) is 9.59 Å². The van der Waals surface area contributed by atoms with Crippen LogP contribution in [0.4, 0.5) is 0 Å². The zero-order chi connectivity index (χ0) is 16.9. The number of benzene rings is 2. The van der Waals surface area contributed by atoms with Crippen molar-refractivity contribution in [2.24, 2.45) is 0 Å². The summed E-state index contributed by atoms with van der Waals surface area (Å²) in [5, 5.41) is 1.06. The number of carbonyl (C=O) groups is 1. The molecule has 0 amide bonds. The van der Waals surface area contributed by atoms with Crippen LogP contribution in [0, 0.1) is 0 Å². The molecule has 0 fully saturated rings. The molecule has 0 radical (unpaired) electrons. The number of rotatable bonds is 5. The van der Waals surface area contributed by atoms with Crippen LogP contribution in [0.2, 0.25) is 5.02 Å². The summed E-state index contributed by atoms with van der Waals surface area (Å²) in [5.74, 6) is 0.216. The summed E-state index contributed by atoms with van der Waals surface area (Å²) in [7, 11) is 0. The Labute approximate surface area is 142 Å². The van der Waals surface area contributed by atoms with Gasteiger partial charge in [-0.15, -0.1) is 0 Å². The van der Waals surface area contributed by atoms with E-state index in [2.05, 4.69) is 9.97 Å². The molecule has 0 bridgehead atoms. The highest BCUT2D eigenvalue weighted by atomic mass is 35.5. The number of halogens is 1. The zero-order valence-corrected chi connectivity index (χ0v) is 13.2. The number of aromatic nitrogens is 2. The minimum atomic E-state index is -0.569. The molecule has 122 valence electrons. The van der Waals surface area contributed by atoms with Crippen molar-refractivity contribution < 1.29 is 14.3 Å². The van der Waals surface area contributed by atoms with E-state index < -0.39 is 5.97 Å². The quantitative estimate of drug-likeness (QED) is 0.720. The Bertz CT molecular complexity index is 922. The van der Waals surface area contributed by atoms with Crippen LogP contribution in [0.1, 0.15) is 5.82 Å². The smallest absolute Gasteiger partial charge is 0.344 e. The first-order chi connectivity index (χ1) is 11.6. The van der Waals surface area contributed by atoms with Crippen LogP contribution in [0.15, 0.2) is 53.3 Å². The average molecular weight is 345 g/mol. The topological polar surface area (TPSA) is 81.3 Å². The van der Waals surface area contributed by atoms with Crippen molar-refractivity contribution in [3.63, 3.8) is 0 Å². The molecule has 0 spiro atoms. The number of fused-ring (bicyclic) bond motifs is 1. The van der Waals surface area contributed by atoms with Crippen molar-refractivity contribution in [3.8, 4) is 5.75 Å². The molecule has 0 atom stereocenters. The molecule has 1 aromatic heterocycles. The van der Waals surface area contributed by atoms with Crippen molar-refractivity contribution >= 4 is 28.5 Å². The molecule has 1 heterocycles. The molecule has 0 unspecified atom stereocenters. The van der Waals surface area contributed by atoms with Gasteiger partial charge in [0.05, 0.1) is 10.9 Å². The number of aromatic amines is 1. The lowest BCUT2D eigenvalue weighted by atomic mass is 10.2. The highest BCUT2D eigenvalue weighted by Crippen LogP contribution is 2.15. The largest absolute Gasteiger partial charge is 0.482 e. The third-order valence-electron chi connectivity index (χ3n) is 3.20. The fraction of sp³-hybridized carbons (Fsp3) is 0.118. The molecule has 0 aliphatic heterocycles. The summed E-state index contributed by atoms with van der Waals surface area (Å²) in [4.78, 5) is 30.5. The van der Waals surface area contributed by atoms with Crippen molar-refractivity contribution in [1.29, 1.82) is 0 Å². The van der Waals surface area contributed by atoms with E-state index in [-0.39, 0.29) is 24.6 Å². The highest BCUT2D eigenvalue weighted by molar-refractivity contribution is 6.30. The lowest BCUT2D eigenvalue weighted by Crippen LogP contribution is -2.18. The summed E-state index contributed by atoms with van der Waals surface area (Å²) in [6.07, 6.45) is 0. The van der Waals surface area contributed by atoms with E-state index in [0.29, 0.717) is 21.7 Å². The Morgan fingerprint density at radius 1 is 1.12 bits per heavy atom. The third kappa shape index (κ3) is 3.91. The number of esters is 1. The van der Waals surface area contributed by atoms with Crippen molar-refractivity contribution in [1.82, 2.24) is 9.97 Å². The monoisotopic (exact) mass is 344 g/mol. The van der Waals surface area contributed by atoms with Gasteiger partial charge < -0.3 is 14.5 Å². The van der Waals surface area contributed by atoms with Crippen LogP contribution in [-0.2, 0) is 16.1 Å². The maximum Gasteiger partial charge on any atom is 0.344 e. The average Bonchev–Trinajstić information content (AvgIpc) is 2.59. The SMILES string of the molecule is O=C(COc1ccc(Cl)cc1)OCc1nc2ccccc2c(=O)[nH]1. The van der Waals surface area contributed by atoms with Crippen molar-refractivity contribution in [2.75, 3.05) is 6.61 Å². The third-order valence-corrected chi connectivity index (χ3v) is 3.45. The Balaban J connectivity index is 1.58. The first-order valence-corrected chi connectivity index (χ1v) is 7.51. The second-order valence-electron chi connectivity index (χ2n) is 4.93. The van der Waals surface area contributed by atoms with E-state index in [4.69, 9.17) is 21.1 Å². The van der Waals surface area contributed by atoms with Crippen LogP contribution >= 0.6 is 11.6 Å². The van der Waals surface area contributed by atoms with Crippen LogP contribution in [0.5, 0.6) is 5.75 Å². The van der Waals surface area contributed by atoms with Gasteiger partial charge in [0.15, 0.2) is 6.61 Å². The minimum Gasteiger partial charge on any atom is -0.482 e. The molecule has 3 rings (SSSR count). The van der Waals surface area contributed by atoms with Gasteiger partial charge in [-0.1, -0.05) is 23.7 Å². The highest BCUT2D eigenvalue weighted by Gasteiger charge is 2.08. The minimum absolute atomic E-state index is 0.136.